The summed E-state index contributed by atoms with van der Waals surface area (Å²) >= 11 is 1.25. The summed E-state index contributed by atoms with van der Waals surface area (Å²) in [5.41, 5.74) is 4.24. The Labute approximate surface area is 156 Å². The molecule has 4 rings (SSSR count). The van der Waals surface area contributed by atoms with Crippen LogP contribution in [0.4, 0.5) is 5.95 Å². The second-order valence-corrected chi connectivity index (χ2v) is 7.22. The fraction of sp³-hybridized carbons (Fsp3) is 0.444. The molecule has 0 spiro atoms. The van der Waals surface area contributed by atoms with Crippen LogP contribution in [0.3, 0.4) is 0 Å². The lowest BCUT2D eigenvalue weighted by molar-refractivity contribution is 0.120. The summed E-state index contributed by atoms with van der Waals surface area (Å²) in [6, 6.07) is 6.23. The minimum atomic E-state index is 0.287. The van der Waals surface area contributed by atoms with Gasteiger partial charge < -0.3 is 10.1 Å². The monoisotopic (exact) mass is 370 g/mol. The lowest BCUT2D eigenvalue weighted by atomic mass is 10.2. The van der Waals surface area contributed by atoms with Gasteiger partial charge in [-0.25, -0.2) is 9.97 Å². The van der Waals surface area contributed by atoms with E-state index in [1.165, 1.54) is 17.3 Å². The molecule has 1 aliphatic rings. The molecule has 1 aliphatic heterocycles. The molecule has 3 aromatic rings. The van der Waals surface area contributed by atoms with Crippen LogP contribution >= 0.6 is 11.7 Å². The molecule has 136 valence electrons. The number of benzene rings is 1. The zero-order chi connectivity index (χ0) is 17.8. The van der Waals surface area contributed by atoms with E-state index in [0.717, 1.165) is 55.7 Å². The summed E-state index contributed by atoms with van der Waals surface area (Å²) in [6.07, 6.45) is 6.31. The molecule has 1 fully saturated rings. The van der Waals surface area contributed by atoms with Crippen LogP contribution in [0.25, 0.3) is 11.0 Å². The molecule has 2 aromatic heterocycles. The Balaban J connectivity index is 1.29. The van der Waals surface area contributed by atoms with E-state index in [4.69, 9.17) is 4.74 Å². The van der Waals surface area contributed by atoms with Gasteiger partial charge in [0.15, 0.2) is 0 Å². The van der Waals surface area contributed by atoms with Gasteiger partial charge in [-0.3, -0.25) is 4.90 Å². The number of fused-ring (bicyclic) bond motifs is 1. The van der Waals surface area contributed by atoms with Gasteiger partial charge in [-0.2, -0.15) is 8.75 Å². The second-order valence-electron chi connectivity index (χ2n) is 6.69. The Morgan fingerprint density at radius 1 is 1.15 bits per heavy atom. The van der Waals surface area contributed by atoms with Gasteiger partial charge in [0.2, 0.25) is 5.95 Å². The number of nitrogens with zero attached hydrogens (tertiary/aromatic N) is 5. The third-order valence-corrected chi connectivity index (χ3v) is 5.00. The lowest BCUT2D eigenvalue weighted by Crippen LogP contribution is -2.20. The van der Waals surface area contributed by atoms with Crippen molar-refractivity contribution >= 4 is 28.7 Å². The van der Waals surface area contributed by atoms with E-state index >= 15 is 0 Å². The lowest BCUT2D eigenvalue weighted by Gasteiger charge is -2.16. The molecule has 1 aromatic carbocycles. The summed E-state index contributed by atoms with van der Waals surface area (Å²) in [6.45, 7) is 3.27. The zero-order valence-electron chi connectivity index (χ0n) is 14.8. The van der Waals surface area contributed by atoms with Crippen LogP contribution in [0, 0.1) is 0 Å². The average molecular weight is 370 g/mol. The topological polar surface area (TPSA) is 76.1 Å². The van der Waals surface area contributed by atoms with Crippen LogP contribution in [0.2, 0.25) is 0 Å². The summed E-state index contributed by atoms with van der Waals surface area (Å²) in [5, 5.41) is 3.25. The third kappa shape index (κ3) is 4.32. The summed E-state index contributed by atoms with van der Waals surface area (Å²) in [5.74, 6) is 0.661. The van der Waals surface area contributed by atoms with Gasteiger partial charge in [0.05, 0.1) is 17.8 Å². The Hall–Kier alpha value is -2.16. The number of rotatable bonds is 7. The molecule has 0 bridgehead atoms. The van der Waals surface area contributed by atoms with E-state index in [-0.39, 0.29) is 6.10 Å². The van der Waals surface area contributed by atoms with Gasteiger partial charge in [0, 0.05) is 44.2 Å². The van der Waals surface area contributed by atoms with Gasteiger partial charge in [-0.15, -0.1) is 0 Å². The van der Waals surface area contributed by atoms with Crippen molar-refractivity contribution in [1.82, 2.24) is 23.6 Å². The molecular formula is C18H22N6OS. The molecule has 7 nitrogen and oxygen atoms in total. The molecular weight excluding hydrogens is 348 g/mol. The van der Waals surface area contributed by atoms with Crippen LogP contribution in [-0.4, -0.2) is 49.9 Å². The smallest absolute Gasteiger partial charge is 0.222 e. The Bertz CT molecular complexity index is 846. The van der Waals surface area contributed by atoms with Gasteiger partial charge in [0.1, 0.15) is 11.0 Å². The van der Waals surface area contributed by atoms with Crippen LogP contribution in [-0.2, 0) is 17.8 Å². The highest BCUT2D eigenvalue weighted by Crippen LogP contribution is 2.16. The van der Waals surface area contributed by atoms with E-state index in [9.17, 15) is 0 Å². The highest BCUT2D eigenvalue weighted by atomic mass is 32.1. The van der Waals surface area contributed by atoms with Crippen molar-refractivity contribution in [2.24, 2.45) is 0 Å². The highest BCUT2D eigenvalue weighted by molar-refractivity contribution is 7.00. The van der Waals surface area contributed by atoms with Crippen molar-refractivity contribution < 1.29 is 4.74 Å². The van der Waals surface area contributed by atoms with Crippen LogP contribution in [0.1, 0.15) is 24.0 Å². The Kier molecular flexibility index (Phi) is 5.33. The molecule has 8 heteroatoms. The first-order valence-corrected chi connectivity index (χ1v) is 9.55. The first-order chi connectivity index (χ1) is 12.8. The van der Waals surface area contributed by atoms with E-state index in [0.29, 0.717) is 5.95 Å². The second kappa shape index (κ2) is 8.03. The van der Waals surface area contributed by atoms with E-state index in [1.807, 2.05) is 18.5 Å². The van der Waals surface area contributed by atoms with Gasteiger partial charge in [-0.05, 0) is 37.6 Å². The summed E-state index contributed by atoms with van der Waals surface area (Å²) in [4.78, 5) is 11.1. The summed E-state index contributed by atoms with van der Waals surface area (Å²) in [7, 11) is 2.09. The number of hydrogen-bond donors (Lipinski definition) is 1. The third-order valence-electron chi connectivity index (χ3n) is 4.44. The molecule has 1 atom stereocenters. The molecule has 3 heterocycles. The van der Waals surface area contributed by atoms with Crippen LogP contribution in [0.15, 0.2) is 30.6 Å². The maximum atomic E-state index is 5.60. The van der Waals surface area contributed by atoms with Crippen molar-refractivity contribution in [3.8, 4) is 0 Å². The van der Waals surface area contributed by atoms with Crippen molar-refractivity contribution in [3.63, 3.8) is 0 Å². The molecule has 0 amide bonds. The standard InChI is InChI=1S/C18H22N6OS/c1-24(11-13-4-5-16-17(7-13)23-26-22-16)12-14-8-19-18(20-9-14)21-10-15-3-2-6-25-15/h4-5,7-9,15H,2-3,6,10-12H2,1H3,(H,19,20,21). The molecule has 0 saturated carbocycles. The van der Waals surface area contributed by atoms with Gasteiger partial charge >= 0.3 is 0 Å². The molecule has 0 aliphatic carbocycles. The van der Waals surface area contributed by atoms with Crippen molar-refractivity contribution in [2.75, 3.05) is 25.5 Å². The molecule has 1 unspecified atom stereocenters. The largest absolute Gasteiger partial charge is 0.376 e. The number of nitrogens with one attached hydrogen (secondary N) is 1. The predicted octanol–water partition coefficient (Wildman–Crippen LogP) is 2.70. The van der Waals surface area contributed by atoms with Crippen molar-refractivity contribution in [3.05, 3.63) is 41.7 Å². The number of anilines is 1. The fourth-order valence-corrected chi connectivity index (χ4v) is 3.66. The molecule has 26 heavy (non-hydrogen) atoms. The Morgan fingerprint density at radius 2 is 1.96 bits per heavy atom. The van der Waals surface area contributed by atoms with E-state index < -0.39 is 0 Å². The minimum absolute atomic E-state index is 0.287. The fourth-order valence-electron chi connectivity index (χ4n) is 3.14. The number of hydrogen-bond acceptors (Lipinski definition) is 8. The molecule has 1 N–H and O–H groups in total. The van der Waals surface area contributed by atoms with Crippen molar-refractivity contribution in [2.45, 2.75) is 32.0 Å². The van der Waals surface area contributed by atoms with Crippen LogP contribution < -0.4 is 5.32 Å². The van der Waals surface area contributed by atoms with E-state index in [2.05, 4.69) is 48.1 Å². The minimum Gasteiger partial charge on any atom is -0.376 e. The summed E-state index contributed by atoms with van der Waals surface area (Å²) < 4.78 is 14.1. The first-order valence-electron chi connectivity index (χ1n) is 8.82. The quantitative estimate of drug-likeness (QED) is 0.685. The highest BCUT2D eigenvalue weighted by Gasteiger charge is 2.15. The molecule has 0 radical (unpaired) electrons. The average Bonchev–Trinajstić information content (AvgIpc) is 3.32. The van der Waals surface area contributed by atoms with Gasteiger partial charge in [-0.1, -0.05) is 6.07 Å². The maximum absolute atomic E-state index is 5.60. The number of aromatic nitrogens is 4. The normalized spacial score (nSPS) is 17.2. The van der Waals surface area contributed by atoms with Gasteiger partial charge in [0.25, 0.3) is 0 Å². The Morgan fingerprint density at radius 3 is 2.77 bits per heavy atom. The zero-order valence-corrected chi connectivity index (χ0v) is 15.6. The maximum Gasteiger partial charge on any atom is 0.222 e. The van der Waals surface area contributed by atoms with E-state index in [1.54, 1.807) is 0 Å². The number of ether oxygens (including phenoxy) is 1. The SMILES string of the molecule is CN(Cc1cnc(NCC2CCCO2)nc1)Cc1ccc2nsnc2c1. The first kappa shape index (κ1) is 17.3. The molecule has 1 saturated heterocycles. The van der Waals surface area contributed by atoms with Crippen molar-refractivity contribution in [1.29, 1.82) is 0 Å². The predicted molar refractivity (Wildman–Crippen MR) is 102 cm³/mol. The van der Waals surface area contributed by atoms with Crippen LogP contribution in [0.5, 0.6) is 0 Å².